The summed E-state index contributed by atoms with van der Waals surface area (Å²) in [6.07, 6.45) is -1.63. The average molecular weight is 414 g/mol. The van der Waals surface area contributed by atoms with Gasteiger partial charge in [-0.1, -0.05) is 37.3 Å². The number of benzene rings is 1. The van der Waals surface area contributed by atoms with Crippen molar-refractivity contribution in [2.24, 2.45) is 5.92 Å². The largest absolute Gasteiger partial charge is 0.444 e. The van der Waals surface area contributed by atoms with Crippen LogP contribution in [0.15, 0.2) is 30.3 Å². The van der Waals surface area contributed by atoms with Crippen molar-refractivity contribution in [3.8, 4) is 0 Å². The van der Waals surface area contributed by atoms with E-state index in [9.17, 15) is 13.6 Å². The van der Waals surface area contributed by atoms with Gasteiger partial charge in [-0.3, -0.25) is 0 Å². The molecule has 0 radical (unpaired) electrons. The van der Waals surface area contributed by atoms with Crippen molar-refractivity contribution in [3.63, 3.8) is 0 Å². The van der Waals surface area contributed by atoms with Crippen molar-refractivity contribution in [2.45, 2.75) is 71.2 Å². The van der Waals surface area contributed by atoms with Crippen molar-refractivity contribution in [3.05, 3.63) is 35.9 Å². The molecule has 7 heteroatoms. The molecule has 2 rings (SSSR count). The number of rotatable bonds is 8. The fourth-order valence-electron chi connectivity index (χ4n) is 3.41. The molecule has 1 unspecified atom stereocenters. The number of carbonyl (C=O) groups excluding carboxylic acids is 1. The highest BCUT2D eigenvalue weighted by atomic mass is 19.3. The van der Waals surface area contributed by atoms with Gasteiger partial charge in [-0.2, -0.15) is 0 Å². The summed E-state index contributed by atoms with van der Waals surface area (Å²) < 4.78 is 43.4. The number of halogens is 2. The van der Waals surface area contributed by atoms with E-state index in [0.29, 0.717) is 32.5 Å². The van der Waals surface area contributed by atoms with Crippen LogP contribution in [-0.4, -0.2) is 48.5 Å². The molecule has 0 aromatic heterocycles. The first-order valence-electron chi connectivity index (χ1n) is 10.1. The van der Waals surface area contributed by atoms with Crippen molar-refractivity contribution in [2.75, 3.05) is 19.9 Å². The second-order valence-corrected chi connectivity index (χ2v) is 8.76. The third-order valence-electron chi connectivity index (χ3n) is 5.01. The summed E-state index contributed by atoms with van der Waals surface area (Å²) in [5.74, 6) is -0.794. The lowest BCUT2D eigenvalue weighted by Crippen LogP contribution is -2.50. The molecule has 164 valence electrons. The van der Waals surface area contributed by atoms with Gasteiger partial charge in [0.2, 0.25) is 6.43 Å². The summed E-state index contributed by atoms with van der Waals surface area (Å²) in [4.78, 5) is 13.9. The van der Waals surface area contributed by atoms with E-state index >= 15 is 0 Å². The van der Waals surface area contributed by atoms with Crippen LogP contribution in [-0.2, 0) is 20.8 Å². The molecular weight excluding hydrogens is 380 g/mol. The highest BCUT2D eigenvalue weighted by molar-refractivity contribution is 5.68. The fraction of sp³-hybridized carbons (Fsp3) is 0.682. The van der Waals surface area contributed by atoms with E-state index in [4.69, 9.17) is 14.2 Å². The number of nitrogens with zero attached hydrogens (tertiary/aromatic N) is 1. The summed E-state index contributed by atoms with van der Waals surface area (Å²) in [6.45, 7) is 8.21. The Morgan fingerprint density at radius 3 is 2.34 bits per heavy atom. The third-order valence-corrected chi connectivity index (χ3v) is 5.01. The first kappa shape index (κ1) is 23.5. The molecule has 0 saturated carbocycles. The molecule has 1 saturated heterocycles. The van der Waals surface area contributed by atoms with E-state index in [1.54, 1.807) is 4.90 Å². The SMILES string of the molecule is CC(CC1(OCOCc2ccccc2)CCN(C(=O)OC(C)(C)C)CC1)C(F)F. The minimum atomic E-state index is -2.41. The maximum atomic E-state index is 13.2. The first-order chi connectivity index (χ1) is 13.6. The molecule has 0 N–H and O–H groups in total. The van der Waals surface area contributed by atoms with Crippen LogP contribution < -0.4 is 0 Å². The van der Waals surface area contributed by atoms with Crippen LogP contribution in [0.1, 0.15) is 52.5 Å². The normalized spacial score (nSPS) is 18.0. The highest BCUT2D eigenvalue weighted by Gasteiger charge is 2.40. The van der Waals surface area contributed by atoms with Crippen LogP contribution in [0.3, 0.4) is 0 Å². The summed E-state index contributed by atoms with van der Waals surface area (Å²) in [6, 6.07) is 9.69. The molecule has 0 bridgehead atoms. The molecule has 29 heavy (non-hydrogen) atoms. The Hall–Kier alpha value is -1.73. The number of alkyl halides is 2. The monoisotopic (exact) mass is 413 g/mol. The highest BCUT2D eigenvalue weighted by Crippen LogP contribution is 2.35. The topological polar surface area (TPSA) is 48.0 Å². The zero-order chi connectivity index (χ0) is 21.5. The number of piperidine rings is 1. The summed E-state index contributed by atoms with van der Waals surface area (Å²) >= 11 is 0. The van der Waals surface area contributed by atoms with Gasteiger partial charge in [0.15, 0.2) is 0 Å². The smallest absolute Gasteiger partial charge is 0.410 e. The van der Waals surface area contributed by atoms with Gasteiger partial charge in [-0.15, -0.1) is 0 Å². The van der Waals surface area contributed by atoms with E-state index in [1.165, 1.54) is 6.92 Å². The lowest BCUT2D eigenvalue weighted by molar-refractivity contribution is -0.175. The van der Waals surface area contributed by atoms with Crippen molar-refractivity contribution >= 4 is 6.09 Å². The average Bonchev–Trinajstić information content (AvgIpc) is 2.65. The minimum Gasteiger partial charge on any atom is -0.444 e. The Balaban J connectivity index is 1.92. The maximum Gasteiger partial charge on any atom is 0.410 e. The lowest BCUT2D eigenvalue weighted by Gasteiger charge is -2.42. The molecule has 0 aliphatic carbocycles. The number of hydrogen-bond acceptors (Lipinski definition) is 4. The van der Waals surface area contributed by atoms with Gasteiger partial charge in [-0.05, 0) is 45.6 Å². The van der Waals surface area contributed by atoms with E-state index in [2.05, 4.69) is 0 Å². The molecule has 5 nitrogen and oxygen atoms in total. The minimum absolute atomic E-state index is 0.0251. The molecule has 1 aromatic carbocycles. The van der Waals surface area contributed by atoms with Crippen LogP contribution in [0.2, 0.25) is 0 Å². The zero-order valence-corrected chi connectivity index (χ0v) is 17.8. The second kappa shape index (κ2) is 10.3. The lowest BCUT2D eigenvalue weighted by atomic mass is 9.83. The van der Waals surface area contributed by atoms with E-state index < -0.39 is 23.5 Å². The van der Waals surface area contributed by atoms with Gasteiger partial charge in [0.25, 0.3) is 0 Å². The number of amides is 1. The van der Waals surface area contributed by atoms with Crippen molar-refractivity contribution < 1.29 is 27.8 Å². The van der Waals surface area contributed by atoms with Crippen LogP contribution in [0.4, 0.5) is 13.6 Å². The Morgan fingerprint density at radius 1 is 1.17 bits per heavy atom. The Labute approximate surface area is 172 Å². The van der Waals surface area contributed by atoms with Crippen molar-refractivity contribution in [1.82, 2.24) is 4.90 Å². The van der Waals surface area contributed by atoms with E-state index in [-0.39, 0.29) is 19.3 Å². The van der Waals surface area contributed by atoms with Crippen LogP contribution >= 0.6 is 0 Å². The van der Waals surface area contributed by atoms with Gasteiger partial charge in [0.05, 0.1) is 12.2 Å². The standard InChI is InChI=1S/C22H33F2NO4/c1-17(19(23)24)14-22(28-16-27-15-18-8-6-5-7-9-18)10-12-25(13-11-22)20(26)29-21(2,3)4/h5-9,17,19H,10-16H2,1-4H3. The summed E-state index contributed by atoms with van der Waals surface area (Å²) in [5, 5.41) is 0. The molecule has 1 aromatic rings. The number of carbonyl (C=O) groups is 1. The van der Waals surface area contributed by atoms with E-state index in [1.807, 2.05) is 51.1 Å². The molecular formula is C22H33F2NO4. The van der Waals surface area contributed by atoms with E-state index in [0.717, 1.165) is 5.56 Å². The van der Waals surface area contributed by atoms with Crippen LogP contribution in [0, 0.1) is 5.92 Å². The molecule has 1 aliphatic heterocycles. The van der Waals surface area contributed by atoms with Gasteiger partial charge < -0.3 is 19.1 Å². The van der Waals surface area contributed by atoms with Crippen molar-refractivity contribution in [1.29, 1.82) is 0 Å². The van der Waals surface area contributed by atoms with Crippen LogP contribution in [0.25, 0.3) is 0 Å². The first-order valence-corrected chi connectivity index (χ1v) is 10.1. The maximum absolute atomic E-state index is 13.2. The predicted octanol–water partition coefficient (Wildman–Crippen LogP) is 5.24. The quantitative estimate of drug-likeness (QED) is 0.432. The fourth-order valence-corrected chi connectivity index (χ4v) is 3.41. The Bertz CT molecular complexity index is 625. The van der Waals surface area contributed by atoms with Gasteiger partial charge >= 0.3 is 6.09 Å². The molecule has 1 amide bonds. The summed E-state index contributed by atoms with van der Waals surface area (Å²) in [5.41, 5.74) is -0.284. The Morgan fingerprint density at radius 2 is 1.79 bits per heavy atom. The summed E-state index contributed by atoms with van der Waals surface area (Å²) in [7, 11) is 0. The Kier molecular flexibility index (Phi) is 8.40. The second-order valence-electron chi connectivity index (χ2n) is 8.76. The molecule has 1 fully saturated rings. The molecule has 1 atom stereocenters. The van der Waals surface area contributed by atoms with Crippen LogP contribution in [0.5, 0.6) is 0 Å². The number of hydrogen-bond donors (Lipinski definition) is 0. The number of ether oxygens (including phenoxy) is 3. The van der Waals surface area contributed by atoms with Gasteiger partial charge in [0.1, 0.15) is 12.4 Å². The van der Waals surface area contributed by atoms with Gasteiger partial charge in [0, 0.05) is 19.0 Å². The molecule has 0 spiro atoms. The molecule has 1 heterocycles. The predicted molar refractivity (Wildman–Crippen MR) is 107 cm³/mol. The zero-order valence-electron chi connectivity index (χ0n) is 17.8. The number of likely N-dealkylation sites (tertiary alicyclic amines) is 1. The van der Waals surface area contributed by atoms with Gasteiger partial charge in [-0.25, -0.2) is 13.6 Å². The third kappa shape index (κ3) is 7.90. The molecule has 1 aliphatic rings.